The van der Waals surface area contributed by atoms with Gasteiger partial charge in [-0.15, -0.1) is 0 Å². The topological polar surface area (TPSA) is 95.5 Å². The monoisotopic (exact) mass is 540 g/mol. The second-order valence-corrected chi connectivity index (χ2v) is 12.8. The molecule has 0 saturated heterocycles. The average Bonchev–Trinajstić information content (AvgIpc) is 2.80. The Hall–Kier alpha value is -2.64. The first-order valence-electron chi connectivity index (χ1n) is 12.1. The van der Waals surface area contributed by atoms with Crippen molar-refractivity contribution in [3.63, 3.8) is 0 Å². The van der Waals surface area contributed by atoms with Crippen molar-refractivity contribution < 1.29 is 32.2 Å². The fourth-order valence-corrected chi connectivity index (χ4v) is 5.96. The van der Waals surface area contributed by atoms with Gasteiger partial charge in [-0.25, -0.2) is 0 Å². The van der Waals surface area contributed by atoms with Crippen molar-refractivity contribution in [2.75, 3.05) is 13.2 Å². The van der Waals surface area contributed by atoms with E-state index in [-0.39, 0.29) is 6.16 Å². The number of hydrogen-bond donors (Lipinski definition) is 3. The Balaban J connectivity index is 2.15. The molecule has 2 aromatic rings. The van der Waals surface area contributed by atoms with Gasteiger partial charge < -0.3 is 15.5 Å². The fourth-order valence-electron chi connectivity index (χ4n) is 4.01. The maximum Gasteiger partial charge on any atom is 0.389 e. The molecule has 3 N–H and O–H groups in total. The van der Waals surface area contributed by atoms with E-state index in [0.717, 1.165) is 11.1 Å². The minimum Gasteiger partial charge on any atom is -0.357 e. The van der Waals surface area contributed by atoms with Crippen LogP contribution in [0, 0.1) is 11.3 Å². The number of alkyl halides is 3. The highest BCUT2D eigenvalue weighted by Crippen LogP contribution is 2.47. The van der Waals surface area contributed by atoms with Crippen LogP contribution in [0.15, 0.2) is 54.6 Å². The van der Waals surface area contributed by atoms with Crippen molar-refractivity contribution in [1.82, 2.24) is 10.6 Å². The third-order valence-corrected chi connectivity index (χ3v) is 7.89. The van der Waals surface area contributed by atoms with Crippen LogP contribution in [-0.4, -0.2) is 42.1 Å². The maximum atomic E-state index is 13.1. The second kappa shape index (κ2) is 12.7. The number of carbonyl (C=O) groups excluding carboxylic acids is 2. The minimum absolute atomic E-state index is 0.271. The normalized spacial score (nSPS) is 15.4. The molecule has 2 rings (SSSR count). The van der Waals surface area contributed by atoms with Gasteiger partial charge >= 0.3 is 6.18 Å². The molecule has 0 aliphatic carbocycles. The van der Waals surface area contributed by atoms with E-state index in [1.165, 1.54) is 7.05 Å². The molecule has 0 aliphatic rings. The van der Waals surface area contributed by atoms with E-state index in [4.69, 9.17) is 0 Å². The first-order chi connectivity index (χ1) is 17.1. The molecule has 0 fully saturated rings. The zero-order chi connectivity index (χ0) is 27.9. The van der Waals surface area contributed by atoms with Crippen molar-refractivity contribution in [3.05, 3.63) is 71.3 Å². The van der Waals surface area contributed by atoms with E-state index in [1.807, 2.05) is 42.5 Å². The number of nitrogens with one attached hydrogen (secondary N) is 2. The van der Waals surface area contributed by atoms with Crippen LogP contribution in [0.4, 0.5) is 13.2 Å². The molecule has 0 heterocycles. The first-order valence-corrected chi connectivity index (χ1v) is 14.1. The van der Waals surface area contributed by atoms with Crippen molar-refractivity contribution in [2.24, 2.45) is 11.3 Å². The summed E-state index contributed by atoms with van der Waals surface area (Å²) in [6.07, 6.45) is -6.66. The third-order valence-electron chi connectivity index (χ3n) is 6.02. The van der Waals surface area contributed by atoms with Crippen molar-refractivity contribution in [2.45, 2.75) is 58.4 Å². The fraction of sp³-hybridized carbons (Fsp3) is 0.481. The summed E-state index contributed by atoms with van der Waals surface area (Å²) < 4.78 is 52.0. The van der Waals surface area contributed by atoms with E-state index >= 15 is 0 Å². The number of likely N-dealkylation sites (N-methyl/N-ethyl adjacent to an activating group) is 1. The van der Waals surface area contributed by atoms with E-state index in [1.54, 1.807) is 32.9 Å². The molecular weight excluding hydrogens is 504 g/mol. The Morgan fingerprint density at radius 3 is 1.97 bits per heavy atom. The summed E-state index contributed by atoms with van der Waals surface area (Å²) in [7, 11) is -2.64. The minimum atomic E-state index is -4.53. The summed E-state index contributed by atoms with van der Waals surface area (Å²) in [6, 6.07) is 15.9. The smallest absolute Gasteiger partial charge is 0.357 e. The molecule has 0 spiro atoms. The van der Waals surface area contributed by atoms with Crippen LogP contribution in [0.1, 0.15) is 50.3 Å². The summed E-state index contributed by atoms with van der Waals surface area (Å²) in [5.74, 6) is -2.73. The Labute approximate surface area is 216 Å². The van der Waals surface area contributed by atoms with Gasteiger partial charge in [0.1, 0.15) is 6.04 Å². The summed E-state index contributed by atoms with van der Waals surface area (Å²) in [4.78, 5) is 36.0. The molecule has 204 valence electrons. The predicted octanol–water partition coefficient (Wildman–Crippen LogP) is 5.28. The van der Waals surface area contributed by atoms with E-state index in [2.05, 4.69) is 10.6 Å². The Morgan fingerprint density at radius 1 is 0.919 bits per heavy atom. The third kappa shape index (κ3) is 10.7. The molecule has 0 saturated carbocycles. The van der Waals surface area contributed by atoms with Gasteiger partial charge in [-0.1, -0.05) is 75.4 Å². The molecule has 10 heteroatoms. The number of hydrogen-bond acceptors (Lipinski definition) is 3. The number of carbonyl (C=O) groups is 2. The predicted molar refractivity (Wildman–Crippen MR) is 138 cm³/mol. The van der Waals surface area contributed by atoms with Crippen LogP contribution in [0.3, 0.4) is 0 Å². The zero-order valence-corrected chi connectivity index (χ0v) is 22.5. The molecule has 2 aromatic carbocycles. The lowest BCUT2D eigenvalue weighted by atomic mass is 9.85. The van der Waals surface area contributed by atoms with Crippen molar-refractivity contribution in [3.8, 4) is 0 Å². The highest BCUT2D eigenvalue weighted by atomic mass is 31.2. The van der Waals surface area contributed by atoms with Gasteiger partial charge in [0, 0.05) is 31.7 Å². The van der Waals surface area contributed by atoms with E-state index in [9.17, 15) is 32.2 Å². The van der Waals surface area contributed by atoms with Gasteiger partial charge in [-0.3, -0.25) is 14.2 Å². The second-order valence-electron chi connectivity index (χ2n) is 10.4. The van der Waals surface area contributed by atoms with Crippen LogP contribution in [0.2, 0.25) is 0 Å². The molecule has 0 radical (unpaired) electrons. The quantitative estimate of drug-likeness (QED) is 0.338. The van der Waals surface area contributed by atoms with Gasteiger partial charge in [-0.2, -0.15) is 13.2 Å². The lowest BCUT2D eigenvalue weighted by molar-refractivity contribution is -0.142. The number of rotatable bonds is 11. The molecule has 2 unspecified atom stereocenters. The number of amides is 2. The summed E-state index contributed by atoms with van der Waals surface area (Å²) >= 11 is 0. The molecule has 37 heavy (non-hydrogen) atoms. The molecule has 0 aliphatic heterocycles. The number of benzene rings is 2. The Bertz CT molecular complexity index is 1080. The average molecular weight is 541 g/mol. The molecule has 3 atom stereocenters. The highest BCUT2D eigenvalue weighted by Gasteiger charge is 2.38. The van der Waals surface area contributed by atoms with Gasteiger partial charge in [0.05, 0.1) is 0 Å². The highest BCUT2D eigenvalue weighted by molar-refractivity contribution is 7.57. The molecule has 0 aromatic heterocycles. The van der Waals surface area contributed by atoms with Gasteiger partial charge in [0.2, 0.25) is 19.2 Å². The molecule has 0 bridgehead atoms. The standard InChI is InChI=1S/C27H36F3N2O4P/c1-26(2,3)23(25(34)31-4)32-24(33)22(14-15-27(28,29)30)18-37(35,36)17-21-12-10-20(11-13-21)16-19-8-6-5-7-9-19/h5-13,22-23H,14-18H2,1-4H3,(H,31,34)(H,32,33)(H,35,36)/t22?,23-/m0/s1. The SMILES string of the molecule is CNC(=O)[C@H](NC(=O)C(CCC(F)(F)F)CP(=O)(O)Cc1ccc(Cc2ccccc2)cc1)C(C)(C)C. The maximum absolute atomic E-state index is 13.1. The molecule has 2 amide bonds. The summed E-state index contributed by atoms with van der Waals surface area (Å²) in [5, 5.41) is 4.95. The Kier molecular flexibility index (Phi) is 10.5. The van der Waals surface area contributed by atoms with Crippen LogP contribution in [0.25, 0.3) is 0 Å². The largest absolute Gasteiger partial charge is 0.389 e. The van der Waals surface area contributed by atoms with E-state index in [0.29, 0.717) is 12.0 Å². The van der Waals surface area contributed by atoms with E-state index < -0.39 is 61.7 Å². The van der Waals surface area contributed by atoms with Crippen LogP contribution in [-0.2, 0) is 26.7 Å². The first kappa shape index (κ1) is 30.6. The molecular formula is C27H36F3N2O4P. The summed E-state index contributed by atoms with van der Waals surface area (Å²) in [5.41, 5.74) is 1.95. The lowest BCUT2D eigenvalue weighted by Gasteiger charge is -2.31. The lowest BCUT2D eigenvalue weighted by Crippen LogP contribution is -2.54. The molecule has 6 nitrogen and oxygen atoms in total. The Morgan fingerprint density at radius 2 is 1.46 bits per heavy atom. The van der Waals surface area contributed by atoms with Crippen LogP contribution in [0.5, 0.6) is 0 Å². The van der Waals surface area contributed by atoms with Crippen LogP contribution < -0.4 is 10.6 Å². The van der Waals surface area contributed by atoms with Crippen LogP contribution >= 0.6 is 7.37 Å². The van der Waals surface area contributed by atoms with Gasteiger partial charge in [0.25, 0.3) is 0 Å². The summed E-state index contributed by atoms with van der Waals surface area (Å²) in [6.45, 7) is 5.11. The number of halogens is 3. The van der Waals surface area contributed by atoms with Crippen molar-refractivity contribution >= 4 is 19.2 Å². The zero-order valence-electron chi connectivity index (χ0n) is 21.6. The van der Waals surface area contributed by atoms with Gasteiger partial charge in [-0.05, 0) is 34.9 Å². The van der Waals surface area contributed by atoms with Crippen molar-refractivity contribution in [1.29, 1.82) is 0 Å². The van der Waals surface area contributed by atoms with Gasteiger partial charge in [0.15, 0.2) is 0 Å².